The Balaban J connectivity index is 1.49. The van der Waals surface area contributed by atoms with Crippen LogP contribution in [0.15, 0.2) is 78.9 Å². The molecule has 2 atom stereocenters. The van der Waals surface area contributed by atoms with Crippen molar-refractivity contribution in [1.82, 2.24) is 5.32 Å². The fourth-order valence-electron chi connectivity index (χ4n) is 4.24. The minimum atomic E-state index is -0.752. The predicted molar refractivity (Wildman–Crippen MR) is 131 cm³/mol. The summed E-state index contributed by atoms with van der Waals surface area (Å²) in [5, 5.41) is 2.59. The van der Waals surface area contributed by atoms with E-state index in [1.807, 2.05) is 73.7 Å². The van der Waals surface area contributed by atoms with E-state index < -0.39 is 24.6 Å². The minimum Gasteiger partial charge on any atom is -0.489 e. The number of esters is 1. The van der Waals surface area contributed by atoms with E-state index in [4.69, 9.17) is 15.2 Å². The van der Waals surface area contributed by atoms with Gasteiger partial charge in [-0.15, -0.1) is 0 Å². The Morgan fingerprint density at radius 2 is 1.71 bits per heavy atom. The van der Waals surface area contributed by atoms with E-state index in [0.29, 0.717) is 11.4 Å². The second-order valence-electron chi connectivity index (χ2n) is 8.25. The van der Waals surface area contributed by atoms with Crippen molar-refractivity contribution >= 4 is 23.6 Å². The van der Waals surface area contributed by atoms with E-state index in [0.717, 1.165) is 16.7 Å². The molecule has 8 nitrogen and oxygen atoms in total. The lowest BCUT2D eigenvalue weighted by molar-refractivity contribution is -0.148. The van der Waals surface area contributed by atoms with Crippen molar-refractivity contribution in [3.8, 4) is 5.75 Å². The van der Waals surface area contributed by atoms with Gasteiger partial charge in [0.1, 0.15) is 12.4 Å². The SMILES string of the molecule is Cc1ccccc1C(CC(=O)OCC(=O)N1c2ccccc2OCC1c1ccccc1)NC(N)=O. The number of nitrogens with two attached hydrogens (primary N) is 1. The highest BCUT2D eigenvalue weighted by molar-refractivity contribution is 5.97. The number of aryl methyl sites for hydroxylation is 1. The number of primary amides is 1. The van der Waals surface area contributed by atoms with Crippen LogP contribution in [0.5, 0.6) is 5.75 Å². The third kappa shape index (κ3) is 5.60. The first-order valence-electron chi connectivity index (χ1n) is 11.3. The van der Waals surface area contributed by atoms with E-state index in [-0.39, 0.29) is 25.0 Å². The van der Waals surface area contributed by atoms with Crippen LogP contribution in [0.3, 0.4) is 0 Å². The first kappa shape index (κ1) is 23.8. The molecule has 0 bridgehead atoms. The molecule has 3 amide bonds. The Hall–Kier alpha value is -4.33. The summed E-state index contributed by atoms with van der Waals surface area (Å²) in [6, 6.07) is 22.4. The molecular weight excluding hydrogens is 446 g/mol. The summed E-state index contributed by atoms with van der Waals surface area (Å²) in [7, 11) is 0. The predicted octanol–water partition coefficient (Wildman–Crippen LogP) is 3.80. The van der Waals surface area contributed by atoms with Gasteiger partial charge in [0.15, 0.2) is 6.61 Å². The van der Waals surface area contributed by atoms with Crippen LogP contribution < -0.4 is 20.7 Å². The average Bonchev–Trinajstić information content (AvgIpc) is 2.86. The molecule has 0 aromatic heterocycles. The molecule has 1 aliphatic rings. The van der Waals surface area contributed by atoms with Gasteiger partial charge < -0.3 is 20.5 Å². The summed E-state index contributed by atoms with van der Waals surface area (Å²) >= 11 is 0. The van der Waals surface area contributed by atoms with Gasteiger partial charge in [-0.2, -0.15) is 0 Å². The highest BCUT2D eigenvalue weighted by atomic mass is 16.5. The average molecular weight is 474 g/mol. The molecule has 8 heteroatoms. The Labute approximate surface area is 203 Å². The number of carbonyl (C=O) groups excluding carboxylic acids is 3. The number of anilines is 1. The zero-order chi connectivity index (χ0) is 24.8. The molecule has 3 aromatic rings. The summed E-state index contributed by atoms with van der Waals surface area (Å²) in [4.78, 5) is 39.2. The highest BCUT2D eigenvalue weighted by Crippen LogP contribution is 2.39. The van der Waals surface area contributed by atoms with E-state index in [9.17, 15) is 14.4 Å². The second kappa shape index (κ2) is 10.7. The van der Waals surface area contributed by atoms with Crippen molar-refractivity contribution < 1.29 is 23.9 Å². The summed E-state index contributed by atoms with van der Waals surface area (Å²) in [6.07, 6.45) is -0.164. The third-order valence-corrected chi connectivity index (χ3v) is 5.89. The highest BCUT2D eigenvalue weighted by Gasteiger charge is 2.34. The molecular formula is C27H27N3O5. The lowest BCUT2D eigenvalue weighted by Crippen LogP contribution is -2.43. The number of nitrogens with zero attached hydrogens (tertiary/aromatic N) is 1. The minimum absolute atomic E-state index is 0.164. The molecule has 35 heavy (non-hydrogen) atoms. The van der Waals surface area contributed by atoms with Gasteiger partial charge in [0, 0.05) is 0 Å². The Bertz CT molecular complexity index is 1210. The first-order valence-corrected chi connectivity index (χ1v) is 11.3. The maximum Gasteiger partial charge on any atom is 0.312 e. The van der Waals surface area contributed by atoms with Gasteiger partial charge in [0.05, 0.1) is 24.2 Å². The van der Waals surface area contributed by atoms with E-state index >= 15 is 0 Å². The van der Waals surface area contributed by atoms with Crippen molar-refractivity contribution in [1.29, 1.82) is 0 Å². The van der Waals surface area contributed by atoms with Crippen molar-refractivity contribution in [2.75, 3.05) is 18.1 Å². The number of urea groups is 1. The van der Waals surface area contributed by atoms with E-state index in [1.54, 1.807) is 17.0 Å². The number of carbonyl (C=O) groups is 3. The fourth-order valence-corrected chi connectivity index (χ4v) is 4.24. The Morgan fingerprint density at radius 1 is 1.03 bits per heavy atom. The molecule has 2 unspecified atom stereocenters. The van der Waals surface area contributed by atoms with Gasteiger partial charge in [-0.1, -0.05) is 66.7 Å². The van der Waals surface area contributed by atoms with Crippen molar-refractivity contribution in [3.63, 3.8) is 0 Å². The first-order chi connectivity index (χ1) is 16.9. The lowest BCUT2D eigenvalue weighted by atomic mass is 9.99. The molecule has 1 heterocycles. The number of rotatable bonds is 7. The summed E-state index contributed by atoms with van der Waals surface area (Å²) in [5.41, 5.74) is 8.48. The van der Waals surface area contributed by atoms with Crippen LogP contribution in [0.25, 0.3) is 0 Å². The molecule has 0 saturated heterocycles. The number of hydrogen-bond acceptors (Lipinski definition) is 5. The maximum absolute atomic E-state index is 13.3. The van der Waals surface area contributed by atoms with Crippen LogP contribution in [0.4, 0.5) is 10.5 Å². The van der Waals surface area contributed by atoms with E-state index in [1.165, 1.54) is 0 Å². The molecule has 3 aromatic carbocycles. The number of benzene rings is 3. The largest absolute Gasteiger partial charge is 0.489 e. The van der Waals surface area contributed by atoms with Crippen LogP contribution in [-0.2, 0) is 14.3 Å². The van der Waals surface area contributed by atoms with Crippen LogP contribution in [0, 0.1) is 6.92 Å². The Kier molecular flexibility index (Phi) is 7.30. The number of nitrogens with one attached hydrogen (secondary N) is 1. The second-order valence-corrected chi connectivity index (χ2v) is 8.25. The van der Waals surface area contributed by atoms with Crippen molar-refractivity contribution in [2.24, 2.45) is 5.73 Å². The van der Waals surface area contributed by atoms with Gasteiger partial charge in [-0.25, -0.2) is 4.79 Å². The molecule has 180 valence electrons. The number of ether oxygens (including phenoxy) is 2. The molecule has 0 saturated carbocycles. The van der Waals surface area contributed by atoms with Crippen molar-refractivity contribution in [3.05, 3.63) is 95.6 Å². The monoisotopic (exact) mass is 473 g/mol. The third-order valence-electron chi connectivity index (χ3n) is 5.89. The van der Waals surface area contributed by atoms with E-state index in [2.05, 4.69) is 5.32 Å². The number of para-hydroxylation sites is 2. The quantitative estimate of drug-likeness (QED) is 0.507. The van der Waals surface area contributed by atoms with Gasteiger partial charge in [-0.05, 0) is 35.7 Å². The number of amides is 3. The lowest BCUT2D eigenvalue weighted by Gasteiger charge is -2.37. The molecule has 0 radical (unpaired) electrons. The van der Waals surface area contributed by atoms with Gasteiger partial charge >= 0.3 is 12.0 Å². The standard InChI is InChI=1S/C27H27N3O5/c1-18-9-5-6-12-20(18)21(29-27(28)33)15-26(32)35-17-25(31)30-22-13-7-8-14-24(22)34-16-23(30)19-10-3-2-4-11-19/h2-14,21,23H,15-17H2,1H3,(H3,28,29,33). The molecule has 4 rings (SSSR count). The molecule has 1 aliphatic heterocycles. The normalized spacial score (nSPS) is 15.3. The molecule has 3 N–H and O–H groups in total. The maximum atomic E-state index is 13.3. The zero-order valence-electron chi connectivity index (χ0n) is 19.3. The van der Waals surface area contributed by atoms with Crippen LogP contribution in [0.2, 0.25) is 0 Å². The zero-order valence-corrected chi connectivity index (χ0v) is 19.3. The van der Waals surface area contributed by atoms with Gasteiger partial charge in [0.2, 0.25) is 0 Å². The van der Waals surface area contributed by atoms with Crippen LogP contribution >= 0.6 is 0 Å². The van der Waals surface area contributed by atoms with Crippen molar-refractivity contribution in [2.45, 2.75) is 25.4 Å². The molecule has 0 fully saturated rings. The van der Waals surface area contributed by atoms with Gasteiger partial charge in [-0.3, -0.25) is 14.5 Å². The summed E-state index contributed by atoms with van der Waals surface area (Å²) in [6.45, 7) is 1.70. The van der Waals surface area contributed by atoms with Crippen LogP contribution in [0.1, 0.15) is 35.2 Å². The van der Waals surface area contributed by atoms with Crippen LogP contribution in [-0.4, -0.2) is 31.1 Å². The number of fused-ring (bicyclic) bond motifs is 1. The fraction of sp³-hybridized carbons (Fsp3) is 0.222. The molecule has 0 aliphatic carbocycles. The summed E-state index contributed by atoms with van der Waals surface area (Å²) < 4.78 is 11.3. The summed E-state index contributed by atoms with van der Waals surface area (Å²) in [5.74, 6) is -0.416. The smallest absolute Gasteiger partial charge is 0.312 e. The number of hydrogen-bond donors (Lipinski definition) is 2. The topological polar surface area (TPSA) is 111 Å². The molecule has 0 spiro atoms. The Morgan fingerprint density at radius 3 is 2.46 bits per heavy atom. The van der Waals surface area contributed by atoms with Gasteiger partial charge in [0.25, 0.3) is 5.91 Å².